The van der Waals surface area contributed by atoms with Crippen LogP contribution in [0.5, 0.6) is 0 Å². The summed E-state index contributed by atoms with van der Waals surface area (Å²) in [6, 6.07) is 4.50. The van der Waals surface area contributed by atoms with E-state index in [1.165, 1.54) is 11.3 Å². The Labute approximate surface area is 149 Å². The van der Waals surface area contributed by atoms with E-state index in [0.29, 0.717) is 17.8 Å². The second-order valence-electron chi connectivity index (χ2n) is 6.50. The molecule has 3 aromatic heterocycles. The Hall–Kier alpha value is -2.61. The second-order valence-corrected chi connectivity index (χ2v) is 7.47. The highest BCUT2D eigenvalue weighted by Gasteiger charge is 2.34. The van der Waals surface area contributed by atoms with Gasteiger partial charge in [-0.2, -0.15) is 5.10 Å². The number of aromatic nitrogens is 4. The van der Waals surface area contributed by atoms with Gasteiger partial charge in [0.25, 0.3) is 5.91 Å². The fourth-order valence-corrected chi connectivity index (χ4v) is 3.93. The van der Waals surface area contributed by atoms with E-state index in [0.717, 1.165) is 34.2 Å². The lowest BCUT2D eigenvalue weighted by molar-refractivity contribution is 0.0997. The minimum absolute atomic E-state index is 0.293. The summed E-state index contributed by atoms with van der Waals surface area (Å²) in [4.78, 5) is 22.5. The smallest absolute Gasteiger partial charge is 0.268 e. The fraction of sp³-hybridized carbons (Fsp3) is 0.353. The number of carbonyl (C=O) groups excluding carboxylic acids is 1. The van der Waals surface area contributed by atoms with Gasteiger partial charge in [0.1, 0.15) is 0 Å². The van der Waals surface area contributed by atoms with Crippen LogP contribution in [0.1, 0.15) is 43.2 Å². The largest absolute Gasteiger partial charge is 0.364 e. The molecule has 25 heavy (non-hydrogen) atoms. The van der Waals surface area contributed by atoms with Crippen molar-refractivity contribution in [2.45, 2.75) is 38.8 Å². The third-order valence-corrected chi connectivity index (χ3v) is 5.29. The highest BCUT2D eigenvalue weighted by atomic mass is 32.1. The molecule has 0 radical (unpaired) electrons. The summed E-state index contributed by atoms with van der Waals surface area (Å²) < 4.78 is 1.93. The number of anilines is 2. The van der Waals surface area contributed by atoms with Crippen LogP contribution < -0.4 is 10.6 Å². The van der Waals surface area contributed by atoms with Gasteiger partial charge in [-0.25, -0.2) is 4.98 Å². The lowest BCUT2D eigenvalue weighted by Crippen LogP contribution is -2.19. The SMILES string of the molecule is CC(C)n1cc(N(c2nc(C(N)=O)c(-c3ccc[nH]3)s2)C2CC2)cn1. The molecule has 0 unspecified atom stereocenters. The zero-order valence-corrected chi connectivity index (χ0v) is 15.0. The standard InChI is InChI=1S/C17H20N6OS/c1-10(2)22-9-12(8-20-22)23(11-5-6-11)17-21-14(16(18)24)15(25-17)13-4-3-7-19-13/h3-4,7-11,19H,5-6H2,1-2H3,(H2,18,24). The molecule has 0 bridgehead atoms. The van der Waals surface area contributed by atoms with Crippen LogP contribution in [0.15, 0.2) is 30.7 Å². The lowest BCUT2D eigenvalue weighted by Gasteiger charge is -2.19. The van der Waals surface area contributed by atoms with E-state index in [9.17, 15) is 4.79 Å². The average Bonchev–Trinajstić information content (AvgIpc) is 3.00. The molecule has 0 aromatic carbocycles. The van der Waals surface area contributed by atoms with Crippen molar-refractivity contribution in [3.05, 3.63) is 36.4 Å². The Morgan fingerprint density at radius 2 is 2.28 bits per heavy atom. The van der Waals surface area contributed by atoms with Crippen LogP contribution in [0.3, 0.4) is 0 Å². The summed E-state index contributed by atoms with van der Waals surface area (Å²) in [6.07, 6.45) is 7.93. The van der Waals surface area contributed by atoms with E-state index in [-0.39, 0.29) is 0 Å². The minimum Gasteiger partial charge on any atom is -0.364 e. The van der Waals surface area contributed by atoms with Crippen molar-refractivity contribution < 1.29 is 4.79 Å². The third kappa shape index (κ3) is 2.93. The predicted octanol–water partition coefficient (Wildman–Crippen LogP) is 3.32. The molecular weight excluding hydrogens is 336 g/mol. The summed E-state index contributed by atoms with van der Waals surface area (Å²) >= 11 is 1.48. The number of thiazole rings is 1. The van der Waals surface area contributed by atoms with Crippen LogP contribution in [-0.2, 0) is 0 Å². The molecule has 4 rings (SSSR count). The van der Waals surface area contributed by atoms with Gasteiger partial charge in [-0.1, -0.05) is 11.3 Å². The molecule has 0 aliphatic heterocycles. The van der Waals surface area contributed by atoms with E-state index in [4.69, 9.17) is 5.73 Å². The molecule has 0 saturated heterocycles. The lowest BCUT2D eigenvalue weighted by atomic mass is 10.3. The van der Waals surface area contributed by atoms with Crippen LogP contribution >= 0.6 is 11.3 Å². The molecule has 7 nitrogen and oxygen atoms in total. The maximum atomic E-state index is 11.9. The van der Waals surface area contributed by atoms with E-state index in [1.54, 1.807) is 0 Å². The summed E-state index contributed by atoms with van der Waals surface area (Å²) in [5.41, 5.74) is 7.73. The van der Waals surface area contributed by atoms with Crippen molar-refractivity contribution in [3.63, 3.8) is 0 Å². The molecule has 1 aliphatic carbocycles. The number of primary amides is 1. The number of carbonyl (C=O) groups is 1. The summed E-state index contributed by atoms with van der Waals surface area (Å²) in [5.74, 6) is -0.513. The first-order chi connectivity index (χ1) is 12.0. The van der Waals surface area contributed by atoms with Crippen molar-refractivity contribution in [2.75, 3.05) is 4.90 Å². The molecule has 130 valence electrons. The molecule has 3 N–H and O–H groups in total. The maximum Gasteiger partial charge on any atom is 0.268 e. The number of nitrogens with zero attached hydrogens (tertiary/aromatic N) is 4. The van der Waals surface area contributed by atoms with E-state index >= 15 is 0 Å². The normalized spacial score (nSPS) is 14.2. The zero-order chi connectivity index (χ0) is 17.6. The van der Waals surface area contributed by atoms with Crippen LogP contribution in [0, 0.1) is 0 Å². The quantitative estimate of drug-likeness (QED) is 0.708. The predicted molar refractivity (Wildman–Crippen MR) is 98.2 cm³/mol. The Balaban J connectivity index is 1.78. The average molecular weight is 356 g/mol. The highest BCUT2D eigenvalue weighted by Crippen LogP contribution is 2.43. The van der Waals surface area contributed by atoms with Crippen molar-refractivity contribution in [3.8, 4) is 10.6 Å². The molecule has 0 atom stereocenters. The molecule has 0 spiro atoms. The highest BCUT2D eigenvalue weighted by molar-refractivity contribution is 7.19. The van der Waals surface area contributed by atoms with Crippen LogP contribution in [0.2, 0.25) is 0 Å². The number of hydrogen-bond donors (Lipinski definition) is 2. The Morgan fingerprint density at radius 3 is 2.84 bits per heavy atom. The van der Waals surface area contributed by atoms with Crippen LogP contribution in [0.4, 0.5) is 10.8 Å². The number of hydrogen-bond acceptors (Lipinski definition) is 5. The first-order valence-electron chi connectivity index (χ1n) is 8.32. The van der Waals surface area contributed by atoms with Gasteiger partial charge in [0.05, 0.1) is 22.5 Å². The monoisotopic (exact) mass is 356 g/mol. The van der Waals surface area contributed by atoms with Crippen molar-refractivity contribution in [2.24, 2.45) is 5.73 Å². The van der Waals surface area contributed by atoms with Gasteiger partial charge in [-0.15, -0.1) is 0 Å². The second kappa shape index (κ2) is 6.03. The van der Waals surface area contributed by atoms with Crippen molar-refractivity contribution in [1.29, 1.82) is 0 Å². The molecule has 1 amide bonds. The molecule has 1 saturated carbocycles. The van der Waals surface area contributed by atoms with Crippen molar-refractivity contribution >= 4 is 28.1 Å². The molecule has 3 aromatic rings. The topological polar surface area (TPSA) is 92.8 Å². The maximum absolute atomic E-state index is 11.9. The number of aromatic amines is 1. The third-order valence-electron chi connectivity index (χ3n) is 4.21. The minimum atomic E-state index is -0.513. The zero-order valence-electron chi connectivity index (χ0n) is 14.1. The van der Waals surface area contributed by atoms with Gasteiger partial charge >= 0.3 is 0 Å². The van der Waals surface area contributed by atoms with E-state index in [2.05, 4.69) is 33.8 Å². The van der Waals surface area contributed by atoms with Gasteiger partial charge in [0.2, 0.25) is 0 Å². The molecule has 3 heterocycles. The molecule has 1 aliphatic rings. The molecule has 1 fully saturated rings. The number of rotatable bonds is 6. The first-order valence-corrected chi connectivity index (χ1v) is 9.14. The van der Waals surface area contributed by atoms with Gasteiger partial charge in [-0.05, 0) is 38.8 Å². The van der Waals surface area contributed by atoms with Gasteiger partial charge < -0.3 is 15.6 Å². The summed E-state index contributed by atoms with van der Waals surface area (Å²) in [6.45, 7) is 4.19. The molecular formula is C17H20N6OS. The number of nitrogens with one attached hydrogen (secondary N) is 1. The van der Waals surface area contributed by atoms with Crippen LogP contribution in [-0.4, -0.2) is 31.7 Å². The summed E-state index contributed by atoms with van der Waals surface area (Å²) in [7, 11) is 0. The Morgan fingerprint density at radius 1 is 1.48 bits per heavy atom. The fourth-order valence-electron chi connectivity index (χ4n) is 2.78. The Kier molecular flexibility index (Phi) is 3.84. The summed E-state index contributed by atoms with van der Waals surface area (Å²) in [5, 5.41) is 5.22. The van der Waals surface area contributed by atoms with Crippen molar-refractivity contribution in [1.82, 2.24) is 19.7 Å². The van der Waals surface area contributed by atoms with Crippen LogP contribution in [0.25, 0.3) is 10.6 Å². The number of nitrogens with two attached hydrogens (primary N) is 1. The van der Waals surface area contributed by atoms with Gasteiger partial charge in [0, 0.05) is 24.5 Å². The number of H-pyrrole nitrogens is 1. The van der Waals surface area contributed by atoms with Gasteiger partial charge in [-0.3, -0.25) is 9.48 Å². The Bertz CT molecular complexity index is 890. The van der Waals surface area contributed by atoms with Gasteiger partial charge in [0.15, 0.2) is 10.8 Å². The first kappa shape index (κ1) is 15.9. The number of amides is 1. The molecule has 8 heteroatoms. The van der Waals surface area contributed by atoms with E-state index < -0.39 is 5.91 Å². The van der Waals surface area contributed by atoms with E-state index in [1.807, 2.05) is 35.4 Å².